The highest BCUT2D eigenvalue weighted by molar-refractivity contribution is 6.31. The van der Waals surface area contributed by atoms with Crippen LogP contribution in [0.2, 0.25) is 5.02 Å². The molecule has 206 valence electrons. The maximum absolute atomic E-state index is 13.7. The van der Waals surface area contributed by atoms with Crippen LogP contribution in [0.3, 0.4) is 0 Å². The zero-order valence-electron chi connectivity index (χ0n) is 22.8. The molecule has 2 aromatic heterocycles. The van der Waals surface area contributed by atoms with E-state index in [0.29, 0.717) is 23.1 Å². The molecule has 7 nitrogen and oxygen atoms in total. The number of rotatable bonds is 12. The summed E-state index contributed by atoms with van der Waals surface area (Å²) in [6.07, 6.45) is 10.9. The smallest absolute Gasteiger partial charge is 0.229 e. The SMILES string of the molecule is CCCN(C)CCCCc1ccc(Nc2ncc3nc(Nc4ccc(F)c(Cl)c4)n(C4CCCC4)c3n2)cc1. The molecule has 0 aliphatic heterocycles. The average molecular weight is 550 g/mol. The molecule has 0 radical (unpaired) electrons. The molecule has 2 N–H and O–H groups in total. The van der Waals surface area contributed by atoms with Crippen LogP contribution in [0.25, 0.3) is 11.2 Å². The Balaban J connectivity index is 1.30. The van der Waals surface area contributed by atoms with Gasteiger partial charge in [-0.25, -0.2) is 14.4 Å². The zero-order valence-corrected chi connectivity index (χ0v) is 23.5. The number of imidazole rings is 1. The maximum Gasteiger partial charge on any atom is 0.229 e. The van der Waals surface area contributed by atoms with E-state index in [-0.39, 0.29) is 11.1 Å². The molecule has 2 aromatic carbocycles. The summed E-state index contributed by atoms with van der Waals surface area (Å²) in [5.41, 5.74) is 4.45. The summed E-state index contributed by atoms with van der Waals surface area (Å²) in [6.45, 7) is 4.54. The van der Waals surface area contributed by atoms with Gasteiger partial charge in [-0.3, -0.25) is 4.57 Å². The summed E-state index contributed by atoms with van der Waals surface area (Å²) in [4.78, 5) is 16.6. The van der Waals surface area contributed by atoms with Gasteiger partial charge in [0, 0.05) is 17.4 Å². The normalized spacial score (nSPS) is 14.0. The van der Waals surface area contributed by atoms with E-state index in [0.717, 1.165) is 43.7 Å². The van der Waals surface area contributed by atoms with Gasteiger partial charge in [0.25, 0.3) is 0 Å². The number of anilines is 4. The Bertz CT molecular complexity index is 1380. The van der Waals surface area contributed by atoms with Gasteiger partial charge in [0.2, 0.25) is 11.9 Å². The molecule has 0 saturated heterocycles. The number of aromatic nitrogens is 4. The minimum atomic E-state index is -0.448. The van der Waals surface area contributed by atoms with Crippen LogP contribution < -0.4 is 10.6 Å². The number of fused-ring (bicyclic) bond motifs is 1. The van der Waals surface area contributed by atoms with Crippen molar-refractivity contribution in [2.24, 2.45) is 0 Å². The molecule has 4 aromatic rings. The summed E-state index contributed by atoms with van der Waals surface area (Å²) in [6, 6.07) is 13.4. The lowest BCUT2D eigenvalue weighted by atomic mass is 10.1. The minimum absolute atomic E-state index is 0.0698. The van der Waals surface area contributed by atoms with E-state index < -0.39 is 5.82 Å². The van der Waals surface area contributed by atoms with E-state index >= 15 is 0 Å². The van der Waals surface area contributed by atoms with Gasteiger partial charge in [0.1, 0.15) is 11.3 Å². The van der Waals surface area contributed by atoms with Crippen LogP contribution in [0.15, 0.2) is 48.7 Å². The van der Waals surface area contributed by atoms with E-state index in [1.165, 1.54) is 43.7 Å². The number of hydrogen-bond acceptors (Lipinski definition) is 6. The second kappa shape index (κ2) is 12.7. The number of unbranched alkanes of at least 4 members (excludes halogenated alkanes) is 1. The highest BCUT2D eigenvalue weighted by atomic mass is 35.5. The Hall–Kier alpha value is -3.23. The van der Waals surface area contributed by atoms with Crippen LogP contribution in [0.1, 0.15) is 63.5 Å². The van der Waals surface area contributed by atoms with Crippen LogP contribution in [0, 0.1) is 5.82 Å². The highest BCUT2D eigenvalue weighted by Crippen LogP contribution is 2.36. The second-order valence-electron chi connectivity index (χ2n) is 10.5. The monoisotopic (exact) mass is 549 g/mol. The van der Waals surface area contributed by atoms with Crippen molar-refractivity contribution in [1.82, 2.24) is 24.4 Å². The molecule has 0 bridgehead atoms. The Labute approximate surface area is 234 Å². The third-order valence-electron chi connectivity index (χ3n) is 7.37. The summed E-state index contributed by atoms with van der Waals surface area (Å²) >= 11 is 6.01. The first kappa shape index (κ1) is 27.3. The molecule has 1 aliphatic carbocycles. The molecule has 1 saturated carbocycles. The van der Waals surface area contributed by atoms with Gasteiger partial charge in [0.05, 0.1) is 11.2 Å². The zero-order chi connectivity index (χ0) is 27.2. The summed E-state index contributed by atoms with van der Waals surface area (Å²) in [5, 5.41) is 6.76. The number of hydrogen-bond donors (Lipinski definition) is 2. The predicted molar refractivity (Wildman–Crippen MR) is 158 cm³/mol. The van der Waals surface area contributed by atoms with Crippen molar-refractivity contribution in [3.05, 3.63) is 65.1 Å². The lowest BCUT2D eigenvalue weighted by Crippen LogP contribution is -2.20. The molecule has 39 heavy (non-hydrogen) atoms. The first-order valence-electron chi connectivity index (χ1n) is 14.0. The predicted octanol–water partition coefficient (Wildman–Crippen LogP) is 7.89. The third kappa shape index (κ3) is 6.86. The number of nitrogens with one attached hydrogen (secondary N) is 2. The molecule has 9 heteroatoms. The van der Waals surface area contributed by atoms with Gasteiger partial charge >= 0.3 is 0 Å². The highest BCUT2D eigenvalue weighted by Gasteiger charge is 2.24. The fourth-order valence-corrected chi connectivity index (χ4v) is 5.52. The second-order valence-corrected chi connectivity index (χ2v) is 10.9. The molecule has 0 unspecified atom stereocenters. The van der Waals surface area contributed by atoms with Crippen molar-refractivity contribution in [2.75, 3.05) is 30.8 Å². The first-order chi connectivity index (χ1) is 19.0. The topological polar surface area (TPSA) is 70.9 Å². The van der Waals surface area contributed by atoms with Crippen molar-refractivity contribution < 1.29 is 4.39 Å². The van der Waals surface area contributed by atoms with Gasteiger partial charge in [-0.2, -0.15) is 4.98 Å². The van der Waals surface area contributed by atoms with Crippen molar-refractivity contribution in [1.29, 1.82) is 0 Å². The van der Waals surface area contributed by atoms with Crippen LogP contribution >= 0.6 is 11.6 Å². The van der Waals surface area contributed by atoms with Crippen molar-refractivity contribution in [3.8, 4) is 0 Å². The van der Waals surface area contributed by atoms with Crippen LogP contribution in [0.5, 0.6) is 0 Å². The van der Waals surface area contributed by atoms with Gasteiger partial charge in [-0.05, 0) is 94.6 Å². The number of benzene rings is 2. The average Bonchev–Trinajstić information content (AvgIpc) is 3.57. The molecular formula is C30H37ClFN7. The number of halogens is 2. The van der Waals surface area contributed by atoms with E-state index in [1.807, 2.05) is 0 Å². The van der Waals surface area contributed by atoms with Gasteiger partial charge in [0.15, 0.2) is 5.65 Å². The molecular weight excluding hydrogens is 513 g/mol. The summed E-state index contributed by atoms with van der Waals surface area (Å²) < 4.78 is 15.8. The van der Waals surface area contributed by atoms with Crippen LogP contribution in [0.4, 0.5) is 27.7 Å². The molecule has 0 amide bonds. The van der Waals surface area contributed by atoms with Gasteiger partial charge in [-0.1, -0.05) is 43.5 Å². The Morgan fingerprint density at radius 2 is 1.77 bits per heavy atom. The minimum Gasteiger partial charge on any atom is -0.325 e. The molecule has 1 fully saturated rings. The van der Waals surface area contributed by atoms with E-state index in [9.17, 15) is 4.39 Å². The lowest BCUT2D eigenvalue weighted by Gasteiger charge is -2.17. The third-order valence-corrected chi connectivity index (χ3v) is 7.66. The van der Waals surface area contributed by atoms with Crippen LogP contribution in [-0.4, -0.2) is 44.6 Å². The number of nitrogens with zero attached hydrogens (tertiary/aromatic N) is 5. The summed E-state index contributed by atoms with van der Waals surface area (Å²) in [5.74, 6) is 0.748. The quantitative estimate of drug-likeness (QED) is 0.175. The fourth-order valence-electron chi connectivity index (χ4n) is 5.34. The molecule has 0 spiro atoms. The molecule has 2 heterocycles. The van der Waals surface area contributed by atoms with E-state index in [2.05, 4.69) is 63.3 Å². The maximum atomic E-state index is 13.7. The van der Waals surface area contributed by atoms with Gasteiger partial charge in [-0.15, -0.1) is 0 Å². The largest absolute Gasteiger partial charge is 0.325 e. The van der Waals surface area contributed by atoms with Crippen molar-refractivity contribution in [3.63, 3.8) is 0 Å². The first-order valence-corrected chi connectivity index (χ1v) is 14.4. The van der Waals surface area contributed by atoms with Crippen LogP contribution in [-0.2, 0) is 6.42 Å². The van der Waals surface area contributed by atoms with Crippen molar-refractivity contribution >= 4 is 46.0 Å². The Morgan fingerprint density at radius 3 is 2.51 bits per heavy atom. The molecule has 1 aliphatic rings. The Kier molecular flexibility index (Phi) is 8.94. The number of aryl methyl sites for hydroxylation is 1. The summed E-state index contributed by atoms with van der Waals surface area (Å²) in [7, 11) is 2.20. The van der Waals surface area contributed by atoms with Gasteiger partial charge < -0.3 is 15.5 Å². The van der Waals surface area contributed by atoms with Crippen molar-refractivity contribution in [2.45, 2.75) is 64.3 Å². The Morgan fingerprint density at radius 1 is 1.00 bits per heavy atom. The standard InChI is InChI=1S/C30H37ClFN7/c1-3-17-38(2)18-7-6-8-21-11-13-22(14-12-21)34-29-33-20-27-28(37-29)39(24-9-4-5-10-24)30(36-27)35-23-15-16-26(32)25(31)19-23/h11-16,19-20,24H,3-10,17-18H2,1-2H3,(H,35,36)(H,33,34,37). The van der Waals surface area contributed by atoms with E-state index in [4.69, 9.17) is 21.6 Å². The lowest BCUT2D eigenvalue weighted by molar-refractivity contribution is 0.326. The fraction of sp³-hybridized carbons (Fsp3) is 0.433. The molecule has 5 rings (SSSR count). The van der Waals surface area contributed by atoms with E-state index in [1.54, 1.807) is 18.3 Å². The molecule has 0 atom stereocenters.